The number of anilines is 1. The van der Waals surface area contributed by atoms with Gasteiger partial charge in [-0.1, -0.05) is 11.6 Å². The van der Waals surface area contributed by atoms with Gasteiger partial charge in [0.05, 0.1) is 22.3 Å². The zero-order valence-electron chi connectivity index (χ0n) is 9.04. The van der Waals surface area contributed by atoms with E-state index in [1.165, 1.54) is 6.07 Å². The Morgan fingerprint density at radius 1 is 1.50 bits per heavy atom. The largest absolute Gasteiger partial charge is 0.336 e. The first-order chi connectivity index (χ1) is 7.52. The lowest BCUT2D eigenvalue weighted by Crippen LogP contribution is -2.34. The fourth-order valence-electron chi connectivity index (χ4n) is 1.11. The van der Waals surface area contributed by atoms with E-state index in [0.717, 1.165) is 0 Å². The molecule has 0 saturated carbocycles. The van der Waals surface area contributed by atoms with Crippen LogP contribution in [0.3, 0.4) is 0 Å². The number of halogens is 1. The average Bonchev–Trinajstić information content (AvgIpc) is 2.19. The van der Waals surface area contributed by atoms with E-state index in [2.05, 4.69) is 10.6 Å². The van der Waals surface area contributed by atoms with E-state index in [1.807, 2.05) is 19.9 Å². The van der Waals surface area contributed by atoms with Gasteiger partial charge in [0.2, 0.25) is 0 Å². The predicted octanol–water partition coefficient (Wildman–Crippen LogP) is 2.74. The number of nitrogens with one attached hydrogen (secondary N) is 2. The maximum Gasteiger partial charge on any atom is 0.319 e. The first kappa shape index (κ1) is 12.3. The third kappa shape index (κ3) is 3.44. The van der Waals surface area contributed by atoms with Gasteiger partial charge in [0.1, 0.15) is 0 Å². The summed E-state index contributed by atoms with van der Waals surface area (Å²) in [6, 6.07) is 6.40. The first-order valence-corrected chi connectivity index (χ1v) is 5.18. The summed E-state index contributed by atoms with van der Waals surface area (Å²) in [5.74, 6) is 0. The van der Waals surface area contributed by atoms with Gasteiger partial charge in [-0.15, -0.1) is 0 Å². The summed E-state index contributed by atoms with van der Waals surface area (Å²) in [6.45, 7) is 3.72. The van der Waals surface area contributed by atoms with Gasteiger partial charge < -0.3 is 10.6 Å². The SMILES string of the molecule is CC(C)NC(=O)Nc1ccc(C#N)cc1Cl. The molecular weight excluding hydrogens is 226 g/mol. The average molecular weight is 238 g/mol. The Balaban J connectivity index is 2.75. The van der Waals surface area contributed by atoms with Crippen LogP contribution < -0.4 is 10.6 Å². The Kier molecular flexibility index (Phi) is 4.15. The van der Waals surface area contributed by atoms with Crippen molar-refractivity contribution in [2.24, 2.45) is 0 Å². The summed E-state index contributed by atoms with van der Waals surface area (Å²) in [4.78, 5) is 11.4. The molecule has 0 atom stereocenters. The number of urea groups is 1. The number of hydrogen-bond acceptors (Lipinski definition) is 2. The van der Waals surface area contributed by atoms with Crippen LogP contribution in [0.4, 0.5) is 10.5 Å². The molecule has 0 aliphatic rings. The molecule has 2 N–H and O–H groups in total. The van der Waals surface area contributed by atoms with E-state index in [1.54, 1.807) is 12.1 Å². The number of hydrogen-bond donors (Lipinski definition) is 2. The molecule has 0 radical (unpaired) electrons. The number of nitrogens with zero attached hydrogens (tertiary/aromatic N) is 1. The number of carbonyl (C=O) groups excluding carboxylic acids is 1. The molecular formula is C11H12ClN3O. The maximum absolute atomic E-state index is 11.4. The molecule has 4 nitrogen and oxygen atoms in total. The standard InChI is InChI=1S/C11H12ClN3O/c1-7(2)14-11(16)15-10-4-3-8(6-13)5-9(10)12/h3-5,7H,1-2H3,(H2,14,15,16). The molecule has 0 saturated heterocycles. The second kappa shape index (κ2) is 5.38. The van der Waals surface area contributed by atoms with E-state index >= 15 is 0 Å². The lowest BCUT2D eigenvalue weighted by molar-refractivity contribution is 0.250. The minimum Gasteiger partial charge on any atom is -0.336 e. The Morgan fingerprint density at radius 2 is 2.19 bits per heavy atom. The van der Waals surface area contributed by atoms with Gasteiger partial charge in [0, 0.05) is 6.04 Å². The minimum absolute atomic E-state index is 0.0529. The fourth-order valence-corrected chi connectivity index (χ4v) is 1.33. The highest BCUT2D eigenvalue weighted by Gasteiger charge is 2.06. The zero-order valence-corrected chi connectivity index (χ0v) is 9.80. The first-order valence-electron chi connectivity index (χ1n) is 4.80. The lowest BCUT2D eigenvalue weighted by atomic mass is 10.2. The topological polar surface area (TPSA) is 64.9 Å². The Morgan fingerprint density at radius 3 is 2.69 bits per heavy atom. The molecule has 0 heterocycles. The molecule has 0 fully saturated rings. The van der Waals surface area contributed by atoms with Crippen molar-refractivity contribution in [3.05, 3.63) is 28.8 Å². The molecule has 0 bridgehead atoms. The van der Waals surface area contributed by atoms with Crippen molar-refractivity contribution in [3.63, 3.8) is 0 Å². The number of benzene rings is 1. The van der Waals surface area contributed by atoms with Crippen LogP contribution in [-0.4, -0.2) is 12.1 Å². The number of nitriles is 1. The van der Waals surface area contributed by atoms with Crippen LogP contribution in [0.5, 0.6) is 0 Å². The molecule has 84 valence electrons. The third-order valence-corrected chi connectivity index (χ3v) is 2.08. The Labute approximate surface area is 99.2 Å². The van der Waals surface area contributed by atoms with E-state index in [4.69, 9.17) is 16.9 Å². The van der Waals surface area contributed by atoms with Crippen LogP contribution in [0.25, 0.3) is 0 Å². The summed E-state index contributed by atoms with van der Waals surface area (Å²) in [6.07, 6.45) is 0. The van der Waals surface area contributed by atoms with Crippen LogP contribution in [-0.2, 0) is 0 Å². The molecule has 0 aliphatic carbocycles. The molecule has 0 spiro atoms. The highest BCUT2D eigenvalue weighted by Crippen LogP contribution is 2.22. The molecule has 5 heteroatoms. The molecule has 1 rings (SSSR count). The van der Waals surface area contributed by atoms with E-state index < -0.39 is 0 Å². The molecule has 16 heavy (non-hydrogen) atoms. The molecule has 1 aromatic rings. The van der Waals surface area contributed by atoms with Crippen LogP contribution in [0, 0.1) is 11.3 Å². The van der Waals surface area contributed by atoms with Gasteiger partial charge in [-0.2, -0.15) is 5.26 Å². The van der Waals surface area contributed by atoms with Crippen molar-refractivity contribution in [2.45, 2.75) is 19.9 Å². The smallest absolute Gasteiger partial charge is 0.319 e. The second-order valence-electron chi connectivity index (χ2n) is 3.56. The van der Waals surface area contributed by atoms with Crippen molar-refractivity contribution in [1.29, 1.82) is 5.26 Å². The van der Waals surface area contributed by atoms with Crippen molar-refractivity contribution in [3.8, 4) is 6.07 Å². The summed E-state index contributed by atoms with van der Waals surface area (Å²) in [7, 11) is 0. The summed E-state index contributed by atoms with van der Waals surface area (Å²) >= 11 is 5.90. The van der Waals surface area contributed by atoms with Gasteiger partial charge in [-0.3, -0.25) is 0 Å². The summed E-state index contributed by atoms with van der Waals surface area (Å²) in [5.41, 5.74) is 0.943. The third-order valence-electron chi connectivity index (χ3n) is 1.77. The van der Waals surface area contributed by atoms with Gasteiger partial charge in [0.15, 0.2) is 0 Å². The monoisotopic (exact) mass is 237 g/mol. The Hall–Kier alpha value is -1.73. The fraction of sp³-hybridized carbons (Fsp3) is 0.273. The maximum atomic E-state index is 11.4. The van der Waals surface area contributed by atoms with Crippen LogP contribution >= 0.6 is 11.6 Å². The van der Waals surface area contributed by atoms with Gasteiger partial charge in [0.25, 0.3) is 0 Å². The number of carbonyl (C=O) groups is 1. The summed E-state index contributed by atoms with van der Waals surface area (Å²) < 4.78 is 0. The highest BCUT2D eigenvalue weighted by atomic mass is 35.5. The van der Waals surface area contributed by atoms with E-state index in [0.29, 0.717) is 16.3 Å². The summed E-state index contributed by atoms with van der Waals surface area (Å²) in [5, 5.41) is 14.3. The van der Waals surface area contributed by atoms with E-state index in [-0.39, 0.29) is 12.1 Å². The normalized spacial score (nSPS) is 9.69. The number of rotatable bonds is 2. The van der Waals surface area contributed by atoms with E-state index in [9.17, 15) is 4.79 Å². The van der Waals surface area contributed by atoms with Crippen LogP contribution in [0.2, 0.25) is 5.02 Å². The minimum atomic E-state index is -0.318. The van der Waals surface area contributed by atoms with Crippen molar-refractivity contribution < 1.29 is 4.79 Å². The highest BCUT2D eigenvalue weighted by molar-refractivity contribution is 6.33. The van der Waals surface area contributed by atoms with Crippen molar-refractivity contribution in [1.82, 2.24) is 5.32 Å². The molecule has 0 aliphatic heterocycles. The quantitative estimate of drug-likeness (QED) is 0.831. The van der Waals surface area contributed by atoms with Gasteiger partial charge >= 0.3 is 6.03 Å². The predicted molar refractivity (Wildman–Crippen MR) is 63.5 cm³/mol. The van der Waals surface area contributed by atoms with Crippen LogP contribution in [0.1, 0.15) is 19.4 Å². The zero-order chi connectivity index (χ0) is 12.1. The molecule has 1 aromatic carbocycles. The van der Waals surface area contributed by atoms with Gasteiger partial charge in [-0.25, -0.2) is 4.79 Å². The molecule has 0 unspecified atom stereocenters. The number of amides is 2. The van der Waals surface area contributed by atoms with Gasteiger partial charge in [-0.05, 0) is 32.0 Å². The molecule has 0 aromatic heterocycles. The second-order valence-corrected chi connectivity index (χ2v) is 3.97. The van der Waals surface area contributed by atoms with Crippen molar-refractivity contribution >= 4 is 23.3 Å². The molecule has 2 amide bonds. The van der Waals surface area contributed by atoms with Crippen molar-refractivity contribution in [2.75, 3.05) is 5.32 Å². The van der Waals surface area contributed by atoms with Crippen LogP contribution in [0.15, 0.2) is 18.2 Å². The Bertz CT molecular complexity index is 437. The lowest BCUT2D eigenvalue weighted by Gasteiger charge is -2.11.